The van der Waals surface area contributed by atoms with Gasteiger partial charge in [-0.15, -0.1) is 0 Å². The Kier molecular flexibility index (Phi) is 4.76. The lowest BCUT2D eigenvalue weighted by atomic mass is 10.1. The van der Waals surface area contributed by atoms with Crippen LogP contribution in [-0.4, -0.2) is 24.8 Å². The molecule has 1 rings (SSSR count). The topological polar surface area (TPSA) is 55.8 Å². The molecule has 0 aliphatic heterocycles. The molecule has 0 saturated heterocycles. The average Bonchev–Trinajstić information content (AvgIpc) is 2.30. The van der Waals surface area contributed by atoms with E-state index in [9.17, 15) is 4.79 Å². The molecule has 0 atom stereocenters. The predicted octanol–water partition coefficient (Wildman–Crippen LogP) is 2.13. The van der Waals surface area contributed by atoms with Crippen molar-refractivity contribution in [3.8, 4) is 5.75 Å². The molecule has 0 aliphatic carbocycles. The maximum Gasteiger partial charge on any atom is 0.339 e. The fourth-order valence-corrected chi connectivity index (χ4v) is 1.83. The number of carbonyl (C=O) groups is 1. The van der Waals surface area contributed by atoms with Gasteiger partial charge in [0.1, 0.15) is 5.75 Å². The summed E-state index contributed by atoms with van der Waals surface area (Å²) in [5.41, 5.74) is 1.00. The molecule has 0 spiro atoms. The zero-order valence-corrected chi connectivity index (χ0v) is 10.7. The lowest BCUT2D eigenvalue weighted by Crippen LogP contribution is -2.05. The number of methoxy groups -OCH3 is 1. The largest absolute Gasteiger partial charge is 0.493 e. The minimum absolute atomic E-state index is 0.143. The van der Waals surface area contributed by atoms with Gasteiger partial charge in [-0.2, -0.15) is 0 Å². The summed E-state index contributed by atoms with van der Waals surface area (Å²) in [6, 6.07) is 3.21. The summed E-state index contributed by atoms with van der Waals surface area (Å²) < 4.78 is 10.5. The molecule has 5 heteroatoms. The number of hydrogen-bond donors (Lipinski definition) is 1. The molecule has 0 fully saturated rings. The van der Waals surface area contributed by atoms with Gasteiger partial charge in [-0.25, -0.2) is 4.79 Å². The summed E-state index contributed by atoms with van der Waals surface area (Å²) >= 11 is 3.25. The summed E-state index contributed by atoms with van der Waals surface area (Å²) in [5.74, 6) is 0.0471. The van der Waals surface area contributed by atoms with Crippen LogP contribution >= 0.6 is 15.9 Å². The molecule has 1 N–H and O–H groups in total. The van der Waals surface area contributed by atoms with Crippen molar-refractivity contribution in [1.82, 2.24) is 0 Å². The molecule has 0 radical (unpaired) electrons. The molecule has 1 aromatic rings. The molecule has 1 aromatic carbocycles. The summed E-state index contributed by atoms with van der Waals surface area (Å²) in [6.45, 7) is 2.16. The molecule has 88 valence electrons. The van der Waals surface area contributed by atoms with Gasteiger partial charge in [-0.1, -0.05) is 0 Å². The van der Waals surface area contributed by atoms with Gasteiger partial charge in [0.05, 0.1) is 25.9 Å². The van der Waals surface area contributed by atoms with Crippen molar-refractivity contribution < 1.29 is 19.4 Å². The molecule has 0 amide bonds. The fraction of sp³-hybridized carbons (Fsp3) is 0.364. The maximum absolute atomic E-state index is 11.4. The van der Waals surface area contributed by atoms with Crippen LogP contribution in [0.1, 0.15) is 22.8 Å². The van der Waals surface area contributed by atoms with Crippen molar-refractivity contribution in [2.45, 2.75) is 13.5 Å². The Hall–Kier alpha value is -1.07. The Morgan fingerprint density at radius 2 is 2.19 bits per heavy atom. The van der Waals surface area contributed by atoms with E-state index in [4.69, 9.17) is 9.84 Å². The minimum Gasteiger partial charge on any atom is -0.493 e. The van der Waals surface area contributed by atoms with E-state index in [1.54, 1.807) is 12.1 Å². The number of esters is 1. The van der Waals surface area contributed by atoms with Gasteiger partial charge >= 0.3 is 5.97 Å². The van der Waals surface area contributed by atoms with Crippen LogP contribution in [0.4, 0.5) is 0 Å². The summed E-state index contributed by atoms with van der Waals surface area (Å²) in [5, 5.41) is 9.14. The van der Waals surface area contributed by atoms with E-state index in [2.05, 4.69) is 20.7 Å². The second kappa shape index (κ2) is 5.86. The third-order valence-corrected chi connectivity index (χ3v) is 2.68. The van der Waals surface area contributed by atoms with Crippen LogP contribution in [0.2, 0.25) is 0 Å². The molecule has 0 saturated carbocycles. The van der Waals surface area contributed by atoms with Crippen LogP contribution < -0.4 is 4.74 Å². The lowest BCUT2D eigenvalue weighted by molar-refractivity contribution is 0.0599. The Morgan fingerprint density at radius 1 is 1.50 bits per heavy atom. The molecule has 0 unspecified atom stereocenters. The van der Waals surface area contributed by atoms with E-state index >= 15 is 0 Å². The number of halogens is 1. The van der Waals surface area contributed by atoms with Gasteiger partial charge in [0.25, 0.3) is 0 Å². The summed E-state index contributed by atoms with van der Waals surface area (Å²) in [6.07, 6.45) is 0. The van der Waals surface area contributed by atoms with Crippen molar-refractivity contribution in [2.24, 2.45) is 0 Å². The van der Waals surface area contributed by atoms with E-state index in [1.165, 1.54) is 7.11 Å². The monoisotopic (exact) mass is 288 g/mol. The Morgan fingerprint density at radius 3 is 2.69 bits per heavy atom. The highest BCUT2D eigenvalue weighted by Crippen LogP contribution is 2.28. The first-order valence-corrected chi connectivity index (χ1v) is 5.57. The zero-order valence-electron chi connectivity index (χ0n) is 9.12. The molecular weight excluding hydrogens is 276 g/mol. The highest BCUT2D eigenvalue weighted by molar-refractivity contribution is 9.10. The quantitative estimate of drug-likeness (QED) is 0.863. The molecular formula is C11H13BrO4. The number of benzene rings is 1. The fourth-order valence-electron chi connectivity index (χ4n) is 1.27. The number of carbonyl (C=O) groups excluding carboxylic acids is 1. The maximum atomic E-state index is 11.4. The first-order chi connectivity index (χ1) is 7.63. The van der Waals surface area contributed by atoms with E-state index in [1.807, 2.05) is 6.92 Å². The average molecular weight is 289 g/mol. The Balaban J connectivity index is 3.21. The van der Waals surface area contributed by atoms with E-state index in [0.29, 0.717) is 28.0 Å². The van der Waals surface area contributed by atoms with Crippen LogP contribution in [0.25, 0.3) is 0 Å². The third-order valence-electron chi connectivity index (χ3n) is 2.03. The highest BCUT2D eigenvalue weighted by atomic mass is 79.9. The van der Waals surface area contributed by atoms with Gasteiger partial charge < -0.3 is 14.6 Å². The predicted molar refractivity (Wildman–Crippen MR) is 62.6 cm³/mol. The Bertz CT molecular complexity index is 390. The van der Waals surface area contributed by atoms with Gasteiger partial charge in [-0.05, 0) is 35.0 Å². The van der Waals surface area contributed by atoms with E-state index in [-0.39, 0.29) is 6.61 Å². The SMILES string of the molecule is CCOc1cc(C(=O)OC)c(Br)cc1CO. The van der Waals surface area contributed by atoms with Crippen molar-refractivity contribution in [2.75, 3.05) is 13.7 Å². The number of hydrogen-bond acceptors (Lipinski definition) is 4. The minimum atomic E-state index is -0.447. The van der Waals surface area contributed by atoms with Crippen LogP contribution in [0.5, 0.6) is 5.75 Å². The van der Waals surface area contributed by atoms with Crippen molar-refractivity contribution in [3.05, 3.63) is 27.7 Å². The molecule has 0 aromatic heterocycles. The second-order valence-electron chi connectivity index (χ2n) is 3.02. The highest BCUT2D eigenvalue weighted by Gasteiger charge is 2.15. The van der Waals surface area contributed by atoms with Crippen molar-refractivity contribution >= 4 is 21.9 Å². The van der Waals surface area contributed by atoms with Crippen LogP contribution in [0, 0.1) is 0 Å². The van der Waals surface area contributed by atoms with Crippen molar-refractivity contribution in [3.63, 3.8) is 0 Å². The Labute approximate surface area is 102 Å². The molecule has 0 bridgehead atoms. The first kappa shape index (κ1) is 13.0. The third kappa shape index (κ3) is 2.74. The summed E-state index contributed by atoms with van der Waals surface area (Å²) in [7, 11) is 1.31. The number of ether oxygens (including phenoxy) is 2. The number of aliphatic hydroxyl groups excluding tert-OH is 1. The molecule has 0 aliphatic rings. The van der Waals surface area contributed by atoms with Crippen LogP contribution in [-0.2, 0) is 11.3 Å². The van der Waals surface area contributed by atoms with Gasteiger partial charge in [-0.3, -0.25) is 0 Å². The standard InChI is InChI=1S/C11H13BrO4/c1-3-16-10-5-8(11(14)15-2)9(12)4-7(10)6-13/h4-5,13H,3,6H2,1-2H3. The summed E-state index contributed by atoms with van der Waals surface area (Å²) in [4.78, 5) is 11.4. The van der Waals surface area contributed by atoms with Gasteiger partial charge in [0.15, 0.2) is 0 Å². The molecule has 4 nitrogen and oxygen atoms in total. The second-order valence-corrected chi connectivity index (χ2v) is 3.88. The van der Waals surface area contributed by atoms with Crippen LogP contribution in [0.15, 0.2) is 16.6 Å². The van der Waals surface area contributed by atoms with Crippen LogP contribution in [0.3, 0.4) is 0 Å². The smallest absolute Gasteiger partial charge is 0.339 e. The molecule has 0 heterocycles. The van der Waals surface area contributed by atoms with Gasteiger partial charge in [0, 0.05) is 10.0 Å². The molecule has 16 heavy (non-hydrogen) atoms. The van der Waals surface area contributed by atoms with E-state index < -0.39 is 5.97 Å². The van der Waals surface area contributed by atoms with E-state index in [0.717, 1.165) is 0 Å². The van der Waals surface area contributed by atoms with Crippen molar-refractivity contribution in [1.29, 1.82) is 0 Å². The number of rotatable bonds is 4. The number of aliphatic hydroxyl groups is 1. The normalized spacial score (nSPS) is 10.0. The zero-order chi connectivity index (χ0) is 12.1. The van der Waals surface area contributed by atoms with Gasteiger partial charge in [0.2, 0.25) is 0 Å². The lowest BCUT2D eigenvalue weighted by Gasteiger charge is -2.11. The first-order valence-electron chi connectivity index (χ1n) is 4.78.